The van der Waals surface area contributed by atoms with E-state index >= 15 is 0 Å². The van der Waals surface area contributed by atoms with Crippen LogP contribution in [0.3, 0.4) is 0 Å². The number of carbonyl (C=O) groups is 6. The Hall–Kier alpha value is -3.43. The summed E-state index contributed by atoms with van der Waals surface area (Å²) in [5.74, 6) is -4.96. The lowest BCUT2D eigenvalue weighted by atomic mass is 9.97. The number of hydrogen-bond acceptors (Lipinski definition) is 10. The van der Waals surface area contributed by atoms with Gasteiger partial charge in [0.25, 0.3) is 11.6 Å². The van der Waals surface area contributed by atoms with E-state index in [4.69, 9.17) is 9.47 Å². The molecule has 0 radical (unpaired) electrons. The van der Waals surface area contributed by atoms with Crippen molar-refractivity contribution in [2.45, 2.75) is 49.7 Å². The number of nitrogens with zero attached hydrogens (tertiary/aromatic N) is 1. The highest BCUT2D eigenvalue weighted by atomic mass is 32.2. The second-order valence-electron chi connectivity index (χ2n) is 8.47. The van der Waals surface area contributed by atoms with Gasteiger partial charge in [-0.15, -0.1) is 23.1 Å². The van der Waals surface area contributed by atoms with Crippen LogP contribution in [0.25, 0.3) is 0 Å². The Bertz CT molecular complexity index is 1150. The molecule has 15 heteroatoms. The molecule has 2 aliphatic rings. The fraction of sp³-hybridized carbons (Fsp3) is 0.478. The monoisotopic (exact) mass is 569 g/mol. The zero-order valence-electron chi connectivity index (χ0n) is 20.6. The molecule has 206 valence electrons. The first-order valence-electron chi connectivity index (χ1n) is 11.4. The number of carbonyl (C=O) groups excluding carboxylic acids is 4. The highest BCUT2D eigenvalue weighted by molar-refractivity contribution is 8.00. The lowest BCUT2D eigenvalue weighted by Crippen LogP contribution is -2.80. The molecule has 3 amide bonds. The molecule has 2 aliphatic heterocycles. The number of carboxylic acids is 2. The molecule has 0 spiro atoms. The van der Waals surface area contributed by atoms with Gasteiger partial charge in [-0.2, -0.15) is 0 Å². The van der Waals surface area contributed by atoms with Gasteiger partial charge in [-0.1, -0.05) is 6.07 Å². The molecule has 3 unspecified atom stereocenters. The van der Waals surface area contributed by atoms with Crippen molar-refractivity contribution in [3.63, 3.8) is 0 Å². The SMILES string of the molecule is COC1(NC(=O)CCCC(NC(=O)Cc2cccs2)C(=O)O)C(=O)N2C(C(=O)O)=C(COC(C)=O)CSC21. The first kappa shape index (κ1) is 29.1. The largest absolute Gasteiger partial charge is 0.480 e. The van der Waals surface area contributed by atoms with E-state index in [2.05, 4.69) is 10.6 Å². The van der Waals surface area contributed by atoms with E-state index in [1.54, 1.807) is 17.5 Å². The number of methoxy groups -OCH3 is 1. The van der Waals surface area contributed by atoms with Crippen molar-refractivity contribution in [1.29, 1.82) is 0 Å². The van der Waals surface area contributed by atoms with Crippen molar-refractivity contribution in [3.05, 3.63) is 33.7 Å². The smallest absolute Gasteiger partial charge is 0.352 e. The van der Waals surface area contributed by atoms with Gasteiger partial charge in [0.1, 0.15) is 23.7 Å². The summed E-state index contributed by atoms with van der Waals surface area (Å²) in [6.45, 7) is 0.888. The standard InChI is InChI=1S/C23H27N3O10S2/c1-12(27)36-10-13-11-38-22-23(35-2,21(34)26(22)18(13)20(32)33)25-16(28)7-3-6-15(19(30)31)24-17(29)9-14-5-4-8-37-14/h4-5,8,15,22H,3,6-7,9-11H2,1-2H3,(H,24,29)(H,25,28)(H,30,31)(H,32,33). The summed E-state index contributed by atoms with van der Waals surface area (Å²) in [6, 6.07) is 2.35. The van der Waals surface area contributed by atoms with E-state index < -0.39 is 52.8 Å². The van der Waals surface area contributed by atoms with Crippen molar-refractivity contribution < 1.29 is 48.5 Å². The number of carboxylic acid groups (broad SMARTS) is 2. The van der Waals surface area contributed by atoms with Crippen molar-refractivity contribution in [1.82, 2.24) is 15.5 Å². The Morgan fingerprint density at radius 2 is 1.97 bits per heavy atom. The minimum absolute atomic E-state index is 0.0252. The lowest BCUT2D eigenvalue weighted by molar-refractivity contribution is -0.192. The van der Waals surface area contributed by atoms with E-state index in [1.807, 2.05) is 0 Å². The fourth-order valence-corrected chi connectivity index (χ4v) is 6.18. The first-order valence-corrected chi connectivity index (χ1v) is 13.4. The number of hydrogen-bond donors (Lipinski definition) is 4. The van der Waals surface area contributed by atoms with Gasteiger partial charge in [0.2, 0.25) is 11.8 Å². The number of thiophene rings is 1. The fourth-order valence-electron chi connectivity index (χ4n) is 4.05. The minimum Gasteiger partial charge on any atom is -0.480 e. The van der Waals surface area contributed by atoms with Crippen LogP contribution in [0.4, 0.5) is 0 Å². The molecule has 0 aromatic carbocycles. The topological polar surface area (TPSA) is 189 Å². The van der Waals surface area contributed by atoms with Crippen molar-refractivity contribution in [2.75, 3.05) is 19.5 Å². The Kier molecular flexibility index (Phi) is 9.51. The Morgan fingerprint density at radius 3 is 2.55 bits per heavy atom. The number of nitrogens with one attached hydrogen (secondary N) is 2. The van der Waals surface area contributed by atoms with Gasteiger partial charge in [0, 0.05) is 36.7 Å². The Balaban J connectivity index is 1.58. The van der Waals surface area contributed by atoms with Crippen LogP contribution in [0.5, 0.6) is 0 Å². The van der Waals surface area contributed by atoms with Crippen LogP contribution in [0.1, 0.15) is 31.1 Å². The third-order valence-electron chi connectivity index (χ3n) is 5.85. The molecule has 1 fully saturated rings. The van der Waals surface area contributed by atoms with E-state index in [1.165, 1.54) is 25.4 Å². The predicted octanol–water partition coefficient (Wildman–Crippen LogP) is 0.306. The molecular weight excluding hydrogens is 542 g/mol. The number of rotatable bonds is 13. The molecule has 3 atom stereocenters. The molecular formula is C23H27N3O10S2. The third kappa shape index (κ3) is 6.34. The summed E-state index contributed by atoms with van der Waals surface area (Å²) < 4.78 is 10.3. The Labute approximate surface area is 225 Å². The average Bonchev–Trinajstić information content (AvgIpc) is 3.37. The summed E-state index contributed by atoms with van der Waals surface area (Å²) in [6.07, 6.45) is -0.0576. The number of β-lactam (4-membered cyclic amide) rings is 1. The van der Waals surface area contributed by atoms with E-state index in [9.17, 15) is 39.0 Å². The van der Waals surface area contributed by atoms with Gasteiger partial charge < -0.3 is 30.3 Å². The molecule has 0 bridgehead atoms. The summed E-state index contributed by atoms with van der Waals surface area (Å²) in [7, 11) is 1.21. The van der Waals surface area contributed by atoms with Gasteiger partial charge in [-0.05, 0) is 24.3 Å². The second-order valence-corrected chi connectivity index (χ2v) is 10.6. The van der Waals surface area contributed by atoms with Crippen molar-refractivity contribution in [3.8, 4) is 0 Å². The van der Waals surface area contributed by atoms with Gasteiger partial charge >= 0.3 is 17.9 Å². The van der Waals surface area contributed by atoms with Gasteiger partial charge in [-0.3, -0.25) is 24.1 Å². The molecule has 1 saturated heterocycles. The highest BCUT2D eigenvalue weighted by Crippen LogP contribution is 2.46. The highest BCUT2D eigenvalue weighted by Gasteiger charge is 2.66. The van der Waals surface area contributed by atoms with Crippen LogP contribution in [0, 0.1) is 0 Å². The van der Waals surface area contributed by atoms with Crippen LogP contribution in [0.2, 0.25) is 0 Å². The summed E-state index contributed by atoms with van der Waals surface area (Å²) in [5, 5.41) is 25.0. The molecule has 13 nitrogen and oxygen atoms in total. The number of aliphatic carboxylic acids is 2. The number of fused-ring (bicyclic) bond motifs is 1. The minimum atomic E-state index is -1.81. The maximum atomic E-state index is 13.0. The maximum Gasteiger partial charge on any atom is 0.352 e. The number of ether oxygens (including phenoxy) is 2. The van der Waals surface area contributed by atoms with Gasteiger partial charge in [0.05, 0.1) is 6.42 Å². The molecule has 0 aliphatic carbocycles. The first-order chi connectivity index (χ1) is 18.0. The normalized spacial score (nSPS) is 21.2. The van der Waals surface area contributed by atoms with E-state index in [-0.39, 0.29) is 49.3 Å². The van der Waals surface area contributed by atoms with E-state index in [0.29, 0.717) is 0 Å². The molecule has 3 rings (SSSR count). The van der Waals surface area contributed by atoms with Crippen molar-refractivity contribution in [2.24, 2.45) is 0 Å². The summed E-state index contributed by atoms with van der Waals surface area (Å²) >= 11 is 2.52. The van der Waals surface area contributed by atoms with Crippen LogP contribution in [0.15, 0.2) is 28.8 Å². The van der Waals surface area contributed by atoms with Gasteiger partial charge in [-0.25, -0.2) is 9.59 Å². The zero-order valence-corrected chi connectivity index (χ0v) is 22.2. The number of amides is 3. The summed E-state index contributed by atoms with van der Waals surface area (Å²) in [5.41, 5.74) is -1.90. The molecule has 1 aromatic heterocycles. The summed E-state index contributed by atoms with van der Waals surface area (Å²) in [4.78, 5) is 74.3. The zero-order chi connectivity index (χ0) is 28.0. The average molecular weight is 570 g/mol. The van der Waals surface area contributed by atoms with Gasteiger partial charge in [0.15, 0.2) is 0 Å². The van der Waals surface area contributed by atoms with Crippen LogP contribution in [-0.2, 0) is 44.7 Å². The molecule has 1 aromatic rings. The second kappa shape index (κ2) is 12.4. The molecule has 38 heavy (non-hydrogen) atoms. The van der Waals surface area contributed by atoms with Crippen LogP contribution in [-0.4, -0.2) is 87.4 Å². The molecule has 4 N–H and O–H groups in total. The molecule has 3 heterocycles. The molecule has 0 saturated carbocycles. The maximum absolute atomic E-state index is 13.0. The Morgan fingerprint density at radius 1 is 1.24 bits per heavy atom. The predicted molar refractivity (Wildman–Crippen MR) is 134 cm³/mol. The number of esters is 1. The third-order valence-corrected chi connectivity index (χ3v) is 8.10. The quantitative estimate of drug-likeness (QED) is 0.145. The lowest BCUT2D eigenvalue weighted by Gasteiger charge is -2.55. The van der Waals surface area contributed by atoms with Crippen LogP contribution < -0.4 is 10.6 Å². The number of thioether (sulfide) groups is 1. The van der Waals surface area contributed by atoms with Crippen LogP contribution >= 0.6 is 23.1 Å². The van der Waals surface area contributed by atoms with E-state index in [0.717, 1.165) is 21.5 Å². The van der Waals surface area contributed by atoms with Crippen molar-refractivity contribution >= 4 is 58.7 Å².